The molecule has 0 aliphatic heterocycles. The first kappa shape index (κ1) is 14.4. The smallest absolute Gasteiger partial charge is 0.237 e. The molecule has 1 unspecified atom stereocenters. The van der Waals surface area contributed by atoms with Gasteiger partial charge in [-0.15, -0.1) is 10.2 Å². The molecule has 2 N–H and O–H groups in total. The Morgan fingerprint density at radius 3 is 2.45 bits per heavy atom. The topological polar surface area (TPSA) is 64.9 Å². The van der Waals surface area contributed by atoms with Crippen LogP contribution in [0.2, 0.25) is 0 Å². The van der Waals surface area contributed by atoms with Crippen molar-refractivity contribution in [2.24, 2.45) is 5.73 Å². The van der Waals surface area contributed by atoms with E-state index in [0.717, 1.165) is 5.56 Å². The molecule has 0 aliphatic carbocycles. The van der Waals surface area contributed by atoms with E-state index in [2.05, 4.69) is 10.2 Å². The monoisotopic (exact) mass is 297 g/mol. The highest BCUT2D eigenvalue weighted by Crippen LogP contribution is 2.18. The molecule has 2 aromatic carbocycles. The number of aryl methyl sites for hydroxylation is 2. The van der Waals surface area contributed by atoms with Gasteiger partial charge >= 0.3 is 0 Å². The van der Waals surface area contributed by atoms with Gasteiger partial charge in [0, 0.05) is 6.42 Å². The fourth-order valence-electron chi connectivity index (χ4n) is 2.24. The summed E-state index contributed by atoms with van der Waals surface area (Å²) in [6.45, 7) is 0. The van der Waals surface area contributed by atoms with Gasteiger partial charge in [-0.1, -0.05) is 48.5 Å². The summed E-state index contributed by atoms with van der Waals surface area (Å²) in [7, 11) is 0. The molecule has 0 bridgehead atoms. The van der Waals surface area contributed by atoms with Gasteiger partial charge in [-0.3, -0.25) is 0 Å². The van der Waals surface area contributed by atoms with E-state index >= 15 is 0 Å². The zero-order valence-corrected chi connectivity index (χ0v) is 11.9. The quantitative estimate of drug-likeness (QED) is 0.786. The van der Waals surface area contributed by atoms with Crippen LogP contribution in [-0.2, 0) is 12.8 Å². The van der Waals surface area contributed by atoms with E-state index in [0.29, 0.717) is 30.2 Å². The molecule has 5 heteroatoms. The zero-order chi connectivity index (χ0) is 15.4. The highest BCUT2D eigenvalue weighted by Gasteiger charge is 2.16. The highest BCUT2D eigenvalue weighted by molar-refractivity contribution is 5.23. The van der Waals surface area contributed by atoms with E-state index in [4.69, 9.17) is 10.2 Å². The molecular weight excluding hydrogens is 281 g/mol. The Labute approximate surface area is 127 Å². The van der Waals surface area contributed by atoms with Crippen LogP contribution >= 0.6 is 0 Å². The van der Waals surface area contributed by atoms with E-state index < -0.39 is 6.04 Å². The Balaban J connectivity index is 1.68. The molecule has 112 valence electrons. The van der Waals surface area contributed by atoms with Crippen molar-refractivity contribution < 1.29 is 8.81 Å². The lowest BCUT2D eigenvalue weighted by Crippen LogP contribution is -2.11. The second-order valence-electron chi connectivity index (χ2n) is 5.01. The maximum Gasteiger partial charge on any atom is 0.237 e. The summed E-state index contributed by atoms with van der Waals surface area (Å²) in [6, 6.07) is 15.8. The van der Waals surface area contributed by atoms with Crippen LogP contribution in [0.25, 0.3) is 0 Å². The number of halogens is 1. The first-order valence-corrected chi connectivity index (χ1v) is 7.10. The Morgan fingerprint density at radius 2 is 1.68 bits per heavy atom. The average Bonchev–Trinajstić information content (AvgIpc) is 3.03. The maximum absolute atomic E-state index is 13.6. The van der Waals surface area contributed by atoms with Crippen molar-refractivity contribution in [3.05, 3.63) is 83.3 Å². The van der Waals surface area contributed by atoms with E-state index in [1.807, 2.05) is 36.4 Å². The van der Waals surface area contributed by atoms with Crippen molar-refractivity contribution in [3.63, 3.8) is 0 Å². The fourth-order valence-corrected chi connectivity index (χ4v) is 2.24. The predicted octanol–water partition coefficient (Wildman–Crippen LogP) is 3.04. The third kappa shape index (κ3) is 3.20. The Hall–Kier alpha value is -2.53. The van der Waals surface area contributed by atoms with Crippen molar-refractivity contribution in [1.82, 2.24) is 10.2 Å². The molecule has 1 atom stereocenters. The molecule has 3 aromatic rings. The Kier molecular flexibility index (Phi) is 4.25. The van der Waals surface area contributed by atoms with Gasteiger partial charge in [-0.2, -0.15) is 0 Å². The highest BCUT2D eigenvalue weighted by atomic mass is 19.1. The van der Waals surface area contributed by atoms with Gasteiger partial charge in [0.25, 0.3) is 0 Å². The molecule has 0 fully saturated rings. The van der Waals surface area contributed by atoms with Gasteiger partial charge < -0.3 is 10.2 Å². The van der Waals surface area contributed by atoms with Crippen LogP contribution in [0.5, 0.6) is 0 Å². The lowest BCUT2D eigenvalue weighted by atomic mass is 10.1. The average molecular weight is 297 g/mol. The second kappa shape index (κ2) is 6.49. The summed E-state index contributed by atoms with van der Waals surface area (Å²) in [4.78, 5) is 0. The standard InChI is InChI=1S/C17H16FN3O/c18-14-9-5-4-6-12(14)10-11-15-20-21-17(22-15)16(19)13-7-2-1-3-8-13/h1-9,16H,10-11,19H2. The molecule has 0 radical (unpaired) electrons. The molecule has 4 nitrogen and oxygen atoms in total. The first-order chi connectivity index (χ1) is 10.7. The van der Waals surface area contributed by atoms with E-state index in [-0.39, 0.29) is 5.82 Å². The number of benzene rings is 2. The molecule has 0 saturated heterocycles. The third-order valence-electron chi connectivity index (χ3n) is 3.47. The third-order valence-corrected chi connectivity index (χ3v) is 3.47. The SMILES string of the molecule is NC(c1ccccc1)c1nnc(CCc2ccccc2F)o1. The first-order valence-electron chi connectivity index (χ1n) is 7.10. The van der Waals surface area contributed by atoms with Gasteiger partial charge in [-0.25, -0.2) is 4.39 Å². The van der Waals surface area contributed by atoms with Crippen LogP contribution in [0.15, 0.2) is 59.0 Å². The van der Waals surface area contributed by atoms with Gasteiger partial charge in [0.15, 0.2) is 0 Å². The molecule has 0 spiro atoms. The van der Waals surface area contributed by atoms with Gasteiger partial charge in [0.05, 0.1) is 0 Å². The molecule has 1 aromatic heterocycles. The molecule has 3 rings (SSSR count). The number of nitrogens with zero attached hydrogens (tertiary/aromatic N) is 2. The number of hydrogen-bond donors (Lipinski definition) is 1. The minimum atomic E-state index is -0.448. The lowest BCUT2D eigenvalue weighted by molar-refractivity contribution is 0.433. The van der Waals surface area contributed by atoms with Crippen LogP contribution in [-0.4, -0.2) is 10.2 Å². The van der Waals surface area contributed by atoms with Crippen LogP contribution in [0.3, 0.4) is 0 Å². The van der Waals surface area contributed by atoms with Crippen molar-refractivity contribution >= 4 is 0 Å². The number of aromatic nitrogens is 2. The van der Waals surface area contributed by atoms with Gasteiger partial charge in [0.1, 0.15) is 11.9 Å². The molecule has 0 aliphatic rings. The predicted molar refractivity (Wildman–Crippen MR) is 80.6 cm³/mol. The summed E-state index contributed by atoms with van der Waals surface area (Å²) in [6.07, 6.45) is 0.990. The van der Waals surface area contributed by atoms with Crippen LogP contribution in [0, 0.1) is 5.82 Å². The molecule has 1 heterocycles. The normalized spacial score (nSPS) is 12.3. The van der Waals surface area contributed by atoms with E-state index in [1.54, 1.807) is 12.1 Å². The second-order valence-corrected chi connectivity index (χ2v) is 5.01. The minimum Gasteiger partial charge on any atom is -0.423 e. The summed E-state index contributed by atoms with van der Waals surface area (Å²) in [5, 5.41) is 7.98. The lowest BCUT2D eigenvalue weighted by Gasteiger charge is -2.06. The van der Waals surface area contributed by atoms with E-state index in [1.165, 1.54) is 6.07 Å². The van der Waals surface area contributed by atoms with Crippen molar-refractivity contribution in [2.75, 3.05) is 0 Å². The zero-order valence-electron chi connectivity index (χ0n) is 11.9. The van der Waals surface area contributed by atoms with Crippen LogP contribution < -0.4 is 5.73 Å². The molecule has 0 saturated carbocycles. The van der Waals surface area contributed by atoms with Crippen LogP contribution in [0.4, 0.5) is 4.39 Å². The van der Waals surface area contributed by atoms with Crippen molar-refractivity contribution in [2.45, 2.75) is 18.9 Å². The minimum absolute atomic E-state index is 0.219. The molecule has 0 amide bonds. The van der Waals surface area contributed by atoms with Gasteiger partial charge in [-0.05, 0) is 23.6 Å². The fraction of sp³-hybridized carbons (Fsp3) is 0.176. The van der Waals surface area contributed by atoms with Gasteiger partial charge in [0.2, 0.25) is 11.8 Å². The largest absolute Gasteiger partial charge is 0.423 e. The summed E-state index contributed by atoms with van der Waals surface area (Å²) < 4.78 is 19.2. The summed E-state index contributed by atoms with van der Waals surface area (Å²) in [5.74, 6) is 0.614. The maximum atomic E-state index is 13.6. The van der Waals surface area contributed by atoms with Crippen LogP contribution in [0.1, 0.15) is 29.0 Å². The number of rotatable bonds is 5. The number of nitrogens with two attached hydrogens (primary N) is 1. The molecular formula is C17H16FN3O. The van der Waals surface area contributed by atoms with Crippen molar-refractivity contribution in [1.29, 1.82) is 0 Å². The summed E-state index contributed by atoms with van der Waals surface area (Å²) >= 11 is 0. The van der Waals surface area contributed by atoms with Crippen molar-refractivity contribution in [3.8, 4) is 0 Å². The molecule has 22 heavy (non-hydrogen) atoms. The summed E-state index contributed by atoms with van der Waals surface area (Å²) in [5.41, 5.74) is 7.65. The Bertz CT molecular complexity index is 742. The Morgan fingerprint density at radius 1 is 0.955 bits per heavy atom. The van der Waals surface area contributed by atoms with E-state index in [9.17, 15) is 4.39 Å². The number of hydrogen-bond acceptors (Lipinski definition) is 4.